The van der Waals surface area contributed by atoms with Crippen LogP contribution in [0.4, 0.5) is 0 Å². The highest BCUT2D eigenvalue weighted by molar-refractivity contribution is 6.04. The van der Waals surface area contributed by atoms with Gasteiger partial charge in [-0.15, -0.1) is 0 Å². The molecule has 144 valence electrons. The highest BCUT2D eigenvalue weighted by atomic mass is 16.5. The van der Waals surface area contributed by atoms with Gasteiger partial charge in [-0.1, -0.05) is 30.3 Å². The van der Waals surface area contributed by atoms with Gasteiger partial charge in [0.1, 0.15) is 12.3 Å². The van der Waals surface area contributed by atoms with Crippen molar-refractivity contribution >= 4 is 17.6 Å². The maximum absolute atomic E-state index is 12.8. The largest absolute Gasteiger partial charge is 0.462 e. The smallest absolute Gasteiger partial charge is 0.315 e. The zero-order valence-corrected chi connectivity index (χ0v) is 15.8. The summed E-state index contributed by atoms with van der Waals surface area (Å²) in [6, 6.07) is 11.2. The van der Waals surface area contributed by atoms with Gasteiger partial charge in [0.2, 0.25) is 0 Å². The minimum Gasteiger partial charge on any atom is -0.462 e. The van der Waals surface area contributed by atoms with E-state index in [1.165, 1.54) is 0 Å². The molecule has 0 aliphatic heterocycles. The van der Waals surface area contributed by atoms with Crippen molar-refractivity contribution in [2.45, 2.75) is 57.7 Å². The summed E-state index contributed by atoms with van der Waals surface area (Å²) in [6.45, 7) is 5.21. The fourth-order valence-electron chi connectivity index (χ4n) is 3.37. The molecule has 0 bridgehead atoms. The van der Waals surface area contributed by atoms with Crippen molar-refractivity contribution in [1.82, 2.24) is 5.43 Å². The molecule has 0 spiro atoms. The van der Waals surface area contributed by atoms with E-state index in [0.717, 1.165) is 5.56 Å². The topological polar surface area (TPSA) is 112 Å². The minimum atomic E-state index is -1.09. The summed E-state index contributed by atoms with van der Waals surface area (Å²) in [5, 5.41) is 23.4. The number of nitriles is 1. The molecule has 1 aliphatic rings. The average molecular weight is 371 g/mol. The van der Waals surface area contributed by atoms with E-state index in [-0.39, 0.29) is 24.9 Å². The van der Waals surface area contributed by atoms with Crippen molar-refractivity contribution in [3.63, 3.8) is 0 Å². The molecule has 0 radical (unpaired) electrons. The van der Waals surface area contributed by atoms with Crippen molar-refractivity contribution in [2.75, 3.05) is 0 Å². The number of rotatable bonds is 5. The molecule has 1 aliphatic carbocycles. The Morgan fingerprint density at radius 2 is 2.07 bits per heavy atom. The number of benzene rings is 1. The lowest BCUT2D eigenvalue weighted by Gasteiger charge is -2.39. The number of nitrogens with zero attached hydrogens (tertiary/aromatic N) is 2. The monoisotopic (exact) mass is 371 g/mol. The highest BCUT2D eigenvalue weighted by Gasteiger charge is 2.46. The quantitative estimate of drug-likeness (QED) is 0.609. The Morgan fingerprint density at radius 1 is 1.41 bits per heavy atom. The SMILES string of the molecule is CC(C)OC(=O)C1/C(=N\NC(=O)CC#N)CC(C)(O)CC1c1ccccc1. The van der Waals surface area contributed by atoms with E-state index in [1.807, 2.05) is 30.3 Å². The summed E-state index contributed by atoms with van der Waals surface area (Å²) in [6.07, 6.45) is -0.150. The van der Waals surface area contributed by atoms with Gasteiger partial charge in [0.25, 0.3) is 5.91 Å². The van der Waals surface area contributed by atoms with Crippen LogP contribution in [0.5, 0.6) is 0 Å². The summed E-state index contributed by atoms with van der Waals surface area (Å²) >= 11 is 0. The highest BCUT2D eigenvalue weighted by Crippen LogP contribution is 2.41. The van der Waals surface area contributed by atoms with Gasteiger partial charge >= 0.3 is 5.97 Å². The summed E-state index contributed by atoms with van der Waals surface area (Å²) < 4.78 is 5.43. The summed E-state index contributed by atoms with van der Waals surface area (Å²) in [4.78, 5) is 24.5. The van der Waals surface area contributed by atoms with Gasteiger partial charge in [0, 0.05) is 12.3 Å². The maximum atomic E-state index is 12.8. The number of amides is 1. The van der Waals surface area contributed by atoms with Crippen LogP contribution < -0.4 is 5.43 Å². The third kappa shape index (κ3) is 5.63. The molecule has 7 nitrogen and oxygen atoms in total. The minimum absolute atomic E-state index is 0.126. The van der Waals surface area contributed by atoms with Crippen LogP contribution in [-0.4, -0.2) is 34.4 Å². The van der Waals surface area contributed by atoms with E-state index in [0.29, 0.717) is 12.1 Å². The maximum Gasteiger partial charge on any atom is 0.315 e. The summed E-state index contributed by atoms with van der Waals surface area (Å²) in [5.74, 6) is -2.07. The lowest BCUT2D eigenvalue weighted by molar-refractivity contribution is -0.151. The second kappa shape index (κ2) is 8.78. The van der Waals surface area contributed by atoms with Crippen LogP contribution >= 0.6 is 0 Å². The first kappa shape index (κ1) is 20.6. The summed E-state index contributed by atoms with van der Waals surface area (Å²) in [7, 11) is 0. The predicted octanol–water partition coefficient (Wildman–Crippen LogP) is 2.27. The van der Waals surface area contributed by atoms with Crippen molar-refractivity contribution in [3.05, 3.63) is 35.9 Å². The Hall–Kier alpha value is -2.72. The third-order valence-corrected chi connectivity index (χ3v) is 4.38. The van der Waals surface area contributed by atoms with E-state index < -0.39 is 23.4 Å². The van der Waals surface area contributed by atoms with E-state index in [2.05, 4.69) is 10.5 Å². The number of nitrogens with one attached hydrogen (secondary N) is 1. The number of hydrazone groups is 1. The first-order valence-corrected chi connectivity index (χ1v) is 8.93. The second-order valence-corrected chi connectivity index (χ2v) is 7.33. The Kier molecular flexibility index (Phi) is 6.70. The molecule has 1 aromatic rings. The molecular weight excluding hydrogens is 346 g/mol. The van der Waals surface area contributed by atoms with Gasteiger partial charge in [-0.05, 0) is 32.8 Å². The number of carbonyl (C=O) groups is 2. The second-order valence-electron chi connectivity index (χ2n) is 7.33. The molecule has 2 rings (SSSR count). The zero-order chi connectivity index (χ0) is 20.0. The third-order valence-electron chi connectivity index (χ3n) is 4.38. The Balaban J connectivity index is 2.43. The van der Waals surface area contributed by atoms with Gasteiger partial charge in [-0.25, -0.2) is 5.43 Å². The molecular formula is C20H25N3O4. The van der Waals surface area contributed by atoms with E-state index in [9.17, 15) is 14.7 Å². The van der Waals surface area contributed by atoms with E-state index in [1.54, 1.807) is 26.8 Å². The average Bonchev–Trinajstić information content (AvgIpc) is 2.59. The summed E-state index contributed by atoms with van der Waals surface area (Å²) in [5.41, 5.74) is 2.45. The van der Waals surface area contributed by atoms with Gasteiger partial charge in [-0.3, -0.25) is 9.59 Å². The van der Waals surface area contributed by atoms with Crippen LogP contribution in [0.25, 0.3) is 0 Å². The van der Waals surface area contributed by atoms with E-state index in [4.69, 9.17) is 10.00 Å². The molecule has 1 saturated carbocycles. The van der Waals surface area contributed by atoms with Gasteiger partial charge in [0.05, 0.1) is 23.5 Å². The normalized spacial score (nSPS) is 26.4. The van der Waals surface area contributed by atoms with Crippen LogP contribution in [0, 0.1) is 17.2 Å². The lowest BCUT2D eigenvalue weighted by Crippen LogP contribution is -2.46. The fourth-order valence-corrected chi connectivity index (χ4v) is 3.37. The molecule has 0 aromatic heterocycles. The van der Waals surface area contributed by atoms with Gasteiger partial charge < -0.3 is 9.84 Å². The molecule has 3 atom stereocenters. The Bertz CT molecular complexity index is 750. The molecule has 1 fully saturated rings. The Labute approximate surface area is 159 Å². The fraction of sp³-hybridized carbons (Fsp3) is 0.500. The van der Waals surface area contributed by atoms with E-state index >= 15 is 0 Å². The molecule has 27 heavy (non-hydrogen) atoms. The first-order valence-electron chi connectivity index (χ1n) is 8.93. The van der Waals surface area contributed by atoms with Crippen LogP contribution in [0.2, 0.25) is 0 Å². The Morgan fingerprint density at radius 3 is 2.67 bits per heavy atom. The van der Waals surface area contributed by atoms with Gasteiger partial charge in [0.15, 0.2) is 0 Å². The van der Waals surface area contributed by atoms with Crippen molar-refractivity contribution in [2.24, 2.45) is 11.0 Å². The van der Waals surface area contributed by atoms with Crippen LogP contribution in [-0.2, 0) is 14.3 Å². The number of carbonyl (C=O) groups excluding carboxylic acids is 2. The molecule has 3 unspecified atom stereocenters. The van der Waals surface area contributed by atoms with Crippen LogP contribution in [0.1, 0.15) is 51.5 Å². The van der Waals surface area contributed by atoms with Crippen LogP contribution in [0.15, 0.2) is 35.4 Å². The number of hydrogen-bond donors (Lipinski definition) is 2. The standard InChI is InChI=1S/C20H25N3O4/c1-13(2)27-19(25)18-15(14-7-5-4-6-8-14)11-20(3,26)12-16(18)22-23-17(24)9-10-21/h4-8,13,15,18,26H,9,11-12H2,1-3H3,(H,23,24)/b22-16-. The number of aliphatic hydroxyl groups is 1. The van der Waals surface area contributed by atoms with Crippen LogP contribution in [0.3, 0.4) is 0 Å². The van der Waals surface area contributed by atoms with Crippen molar-refractivity contribution in [3.8, 4) is 6.07 Å². The number of esters is 1. The molecule has 1 amide bonds. The molecule has 0 saturated heterocycles. The lowest BCUT2D eigenvalue weighted by atomic mass is 9.68. The molecule has 1 aromatic carbocycles. The number of ether oxygens (including phenoxy) is 1. The van der Waals surface area contributed by atoms with Crippen molar-refractivity contribution < 1.29 is 19.4 Å². The zero-order valence-electron chi connectivity index (χ0n) is 15.8. The molecule has 0 heterocycles. The molecule has 2 N–H and O–H groups in total. The first-order chi connectivity index (χ1) is 12.7. The number of hydrogen-bond acceptors (Lipinski definition) is 6. The van der Waals surface area contributed by atoms with Gasteiger partial charge in [-0.2, -0.15) is 10.4 Å². The predicted molar refractivity (Wildman–Crippen MR) is 99.6 cm³/mol. The molecule has 7 heteroatoms. The van der Waals surface area contributed by atoms with Crippen molar-refractivity contribution in [1.29, 1.82) is 5.26 Å².